The van der Waals surface area contributed by atoms with E-state index in [9.17, 15) is 4.79 Å². The molecule has 0 aliphatic carbocycles. The highest BCUT2D eigenvalue weighted by Crippen LogP contribution is 2.30. The molecule has 0 saturated carbocycles. The zero-order valence-electron chi connectivity index (χ0n) is 8.95. The van der Waals surface area contributed by atoms with Crippen LogP contribution in [-0.2, 0) is 0 Å². The van der Waals surface area contributed by atoms with Gasteiger partial charge < -0.3 is 4.90 Å². The Labute approximate surface area is 113 Å². The lowest BCUT2D eigenvalue weighted by Gasteiger charge is -2.24. The van der Waals surface area contributed by atoms with Gasteiger partial charge in [0.1, 0.15) is 4.88 Å². The van der Waals surface area contributed by atoms with E-state index in [-0.39, 0.29) is 5.91 Å². The predicted octanol–water partition coefficient (Wildman–Crippen LogP) is 3.65. The van der Waals surface area contributed by atoms with Crippen molar-refractivity contribution in [3.8, 4) is 0 Å². The second kappa shape index (κ2) is 5.07. The molecule has 2 rings (SSSR count). The fourth-order valence-electron chi connectivity index (χ4n) is 2.07. The molecule has 2 heterocycles. The highest BCUT2D eigenvalue weighted by atomic mass is 79.9. The Bertz CT molecular complexity index is 395. The van der Waals surface area contributed by atoms with E-state index >= 15 is 0 Å². The van der Waals surface area contributed by atoms with Crippen LogP contribution in [0.25, 0.3) is 0 Å². The molecule has 0 bridgehead atoms. The Morgan fingerprint density at radius 2 is 2.50 bits per heavy atom. The molecule has 1 saturated heterocycles. The van der Waals surface area contributed by atoms with Gasteiger partial charge in [-0.05, 0) is 23.8 Å². The van der Waals surface area contributed by atoms with E-state index in [4.69, 9.17) is 11.6 Å². The number of hydrogen-bond donors (Lipinski definition) is 0. The van der Waals surface area contributed by atoms with Crippen LogP contribution in [-0.4, -0.2) is 28.7 Å². The van der Waals surface area contributed by atoms with Crippen LogP contribution in [0.15, 0.2) is 11.4 Å². The molecule has 2 nitrogen and oxygen atoms in total. The summed E-state index contributed by atoms with van der Waals surface area (Å²) in [5.74, 6) is 0.635. The Morgan fingerprint density at radius 3 is 3.06 bits per heavy atom. The Hall–Kier alpha value is -0.0600. The number of carbonyl (C=O) groups is 1. The Kier molecular flexibility index (Phi) is 3.93. The van der Waals surface area contributed by atoms with Crippen molar-refractivity contribution in [2.45, 2.75) is 19.4 Å². The maximum absolute atomic E-state index is 12.3. The van der Waals surface area contributed by atoms with E-state index in [0.29, 0.717) is 21.9 Å². The maximum atomic E-state index is 12.3. The van der Waals surface area contributed by atoms with Crippen LogP contribution >= 0.6 is 38.9 Å². The third-order valence-electron chi connectivity index (χ3n) is 3.11. The summed E-state index contributed by atoms with van der Waals surface area (Å²) in [7, 11) is 0. The van der Waals surface area contributed by atoms with Crippen molar-refractivity contribution in [3.63, 3.8) is 0 Å². The zero-order valence-corrected chi connectivity index (χ0v) is 12.1. The van der Waals surface area contributed by atoms with Gasteiger partial charge in [-0.3, -0.25) is 4.79 Å². The molecule has 5 heteroatoms. The van der Waals surface area contributed by atoms with Gasteiger partial charge in [0.25, 0.3) is 5.91 Å². The molecule has 88 valence electrons. The van der Waals surface area contributed by atoms with Crippen molar-refractivity contribution in [3.05, 3.63) is 21.3 Å². The van der Waals surface area contributed by atoms with E-state index < -0.39 is 0 Å². The van der Waals surface area contributed by atoms with Crippen LogP contribution in [0, 0.1) is 5.92 Å². The third-order valence-corrected chi connectivity index (χ3v) is 5.11. The molecule has 2 unspecified atom stereocenters. The van der Waals surface area contributed by atoms with Crippen molar-refractivity contribution >= 4 is 44.8 Å². The van der Waals surface area contributed by atoms with Crippen molar-refractivity contribution in [2.75, 3.05) is 11.9 Å². The number of carbonyl (C=O) groups excluding carboxylic acids is 1. The van der Waals surface area contributed by atoms with Crippen LogP contribution in [0.1, 0.15) is 23.0 Å². The minimum Gasteiger partial charge on any atom is -0.334 e. The van der Waals surface area contributed by atoms with Gasteiger partial charge >= 0.3 is 0 Å². The van der Waals surface area contributed by atoms with Crippen LogP contribution < -0.4 is 0 Å². The molecule has 1 aromatic rings. The van der Waals surface area contributed by atoms with Gasteiger partial charge in [0.15, 0.2) is 0 Å². The third kappa shape index (κ3) is 2.15. The molecule has 0 spiro atoms. The molecule has 1 aliphatic heterocycles. The first kappa shape index (κ1) is 12.4. The Balaban J connectivity index is 2.20. The molecule has 0 aromatic carbocycles. The standard InChI is InChI=1S/C11H13BrClNOS/c1-7-2-4-14(9(7)6-12)11(15)10-8(13)3-5-16-10/h3,5,7,9H,2,4,6H2,1H3. The van der Waals surface area contributed by atoms with Gasteiger partial charge in [-0.1, -0.05) is 34.5 Å². The smallest absolute Gasteiger partial charge is 0.265 e. The normalized spacial score (nSPS) is 25.1. The highest BCUT2D eigenvalue weighted by Gasteiger charge is 2.34. The molecular weight excluding hydrogens is 310 g/mol. The van der Waals surface area contributed by atoms with Crippen LogP contribution in [0.2, 0.25) is 5.02 Å². The fraction of sp³-hybridized carbons (Fsp3) is 0.545. The number of rotatable bonds is 2. The summed E-state index contributed by atoms with van der Waals surface area (Å²) in [4.78, 5) is 14.9. The predicted molar refractivity (Wildman–Crippen MR) is 71.7 cm³/mol. The number of thiophene rings is 1. The van der Waals surface area contributed by atoms with Gasteiger partial charge in [0.2, 0.25) is 0 Å². The molecule has 16 heavy (non-hydrogen) atoms. The van der Waals surface area contributed by atoms with Gasteiger partial charge in [0, 0.05) is 17.9 Å². The topological polar surface area (TPSA) is 20.3 Å². The highest BCUT2D eigenvalue weighted by molar-refractivity contribution is 9.09. The van der Waals surface area contributed by atoms with Gasteiger partial charge in [-0.25, -0.2) is 0 Å². The van der Waals surface area contributed by atoms with Crippen molar-refractivity contribution in [1.29, 1.82) is 0 Å². The first-order chi connectivity index (χ1) is 7.65. The number of amides is 1. The number of hydrogen-bond acceptors (Lipinski definition) is 2. The average Bonchev–Trinajstić information content (AvgIpc) is 2.83. The first-order valence-corrected chi connectivity index (χ1v) is 7.63. The maximum Gasteiger partial charge on any atom is 0.265 e. The molecule has 1 amide bonds. The minimum absolute atomic E-state index is 0.0776. The second-order valence-corrected chi connectivity index (χ2v) is 6.05. The summed E-state index contributed by atoms with van der Waals surface area (Å²) < 4.78 is 0. The summed E-state index contributed by atoms with van der Waals surface area (Å²) in [6.07, 6.45) is 1.07. The summed E-state index contributed by atoms with van der Waals surface area (Å²) >= 11 is 10.9. The molecule has 1 aromatic heterocycles. The van der Waals surface area contributed by atoms with Crippen LogP contribution in [0.5, 0.6) is 0 Å². The molecule has 1 aliphatic rings. The van der Waals surface area contributed by atoms with Crippen LogP contribution in [0.3, 0.4) is 0 Å². The number of halogens is 2. The zero-order chi connectivity index (χ0) is 11.7. The Morgan fingerprint density at radius 1 is 1.75 bits per heavy atom. The second-order valence-electron chi connectivity index (χ2n) is 4.08. The molecular formula is C11H13BrClNOS. The van der Waals surface area contributed by atoms with Gasteiger partial charge in [-0.2, -0.15) is 0 Å². The lowest BCUT2D eigenvalue weighted by Crippen LogP contribution is -2.38. The van der Waals surface area contributed by atoms with Gasteiger partial charge in [-0.15, -0.1) is 11.3 Å². The van der Waals surface area contributed by atoms with Gasteiger partial charge in [0.05, 0.1) is 5.02 Å². The van der Waals surface area contributed by atoms with E-state index in [1.165, 1.54) is 11.3 Å². The van der Waals surface area contributed by atoms with E-state index in [1.54, 1.807) is 6.07 Å². The average molecular weight is 323 g/mol. The summed E-state index contributed by atoms with van der Waals surface area (Å²) in [6, 6.07) is 2.08. The van der Waals surface area contributed by atoms with E-state index in [1.807, 2.05) is 10.3 Å². The molecule has 0 N–H and O–H groups in total. The SMILES string of the molecule is CC1CCN(C(=O)c2sccc2Cl)C1CBr. The van der Waals surface area contributed by atoms with Crippen LogP contribution in [0.4, 0.5) is 0 Å². The lowest BCUT2D eigenvalue weighted by atomic mass is 10.1. The summed E-state index contributed by atoms with van der Waals surface area (Å²) in [6.45, 7) is 3.03. The number of alkyl halides is 1. The number of likely N-dealkylation sites (tertiary alicyclic amines) is 1. The quantitative estimate of drug-likeness (QED) is 0.761. The fourth-order valence-corrected chi connectivity index (χ4v) is 4.15. The molecule has 2 atom stereocenters. The molecule has 0 radical (unpaired) electrons. The number of nitrogens with zero attached hydrogens (tertiary/aromatic N) is 1. The van der Waals surface area contributed by atoms with E-state index in [0.717, 1.165) is 18.3 Å². The van der Waals surface area contributed by atoms with Crippen molar-refractivity contribution in [2.24, 2.45) is 5.92 Å². The lowest BCUT2D eigenvalue weighted by molar-refractivity contribution is 0.0744. The monoisotopic (exact) mass is 321 g/mol. The summed E-state index contributed by atoms with van der Waals surface area (Å²) in [5.41, 5.74) is 0. The first-order valence-electron chi connectivity index (χ1n) is 5.25. The minimum atomic E-state index is 0.0776. The van der Waals surface area contributed by atoms with Crippen molar-refractivity contribution in [1.82, 2.24) is 4.90 Å². The summed E-state index contributed by atoms with van der Waals surface area (Å²) in [5, 5.41) is 3.27. The van der Waals surface area contributed by atoms with Crippen molar-refractivity contribution < 1.29 is 4.79 Å². The largest absolute Gasteiger partial charge is 0.334 e. The molecule has 1 fully saturated rings. The van der Waals surface area contributed by atoms with E-state index in [2.05, 4.69) is 22.9 Å².